The monoisotopic (exact) mass is 279 g/mol. The molecule has 100 valence electrons. The second kappa shape index (κ2) is 5.71. The number of nitrogen functional groups attached to an aromatic ring is 1. The third-order valence-corrected chi connectivity index (χ3v) is 2.79. The van der Waals surface area contributed by atoms with Gasteiger partial charge in [-0.2, -0.15) is 5.10 Å². The maximum atomic E-state index is 12.0. The Labute approximate surface area is 115 Å². The zero-order valence-electron chi connectivity index (χ0n) is 10.4. The van der Waals surface area contributed by atoms with Crippen molar-refractivity contribution in [2.24, 2.45) is 0 Å². The van der Waals surface area contributed by atoms with E-state index in [2.05, 4.69) is 20.5 Å². The molecular formula is C12H14ClN5O. The van der Waals surface area contributed by atoms with Crippen molar-refractivity contribution in [1.29, 1.82) is 0 Å². The van der Waals surface area contributed by atoms with Gasteiger partial charge in [-0.3, -0.25) is 9.89 Å². The van der Waals surface area contributed by atoms with Crippen LogP contribution in [0.2, 0.25) is 5.02 Å². The Morgan fingerprint density at radius 2 is 2.32 bits per heavy atom. The lowest BCUT2D eigenvalue weighted by atomic mass is 10.2. The average molecular weight is 280 g/mol. The Morgan fingerprint density at radius 1 is 1.53 bits per heavy atom. The lowest BCUT2D eigenvalue weighted by Gasteiger charge is -2.03. The van der Waals surface area contributed by atoms with E-state index in [1.807, 2.05) is 6.92 Å². The summed E-state index contributed by atoms with van der Waals surface area (Å²) in [7, 11) is 0. The highest BCUT2D eigenvalue weighted by molar-refractivity contribution is 6.30. The van der Waals surface area contributed by atoms with E-state index in [1.54, 1.807) is 12.1 Å². The Kier molecular flexibility index (Phi) is 4.01. The molecule has 0 aliphatic carbocycles. The largest absolute Gasteiger partial charge is 0.395 e. The lowest BCUT2D eigenvalue weighted by molar-refractivity contribution is 0.102. The fraction of sp³-hybridized carbons (Fsp3) is 0.250. The van der Waals surface area contributed by atoms with Gasteiger partial charge in [-0.25, -0.2) is 4.98 Å². The topological polar surface area (TPSA) is 96.7 Å². The summed E-state index contributed by atoms with van der Waals surface area (Å²) in [4.78, 5) is 16.0. The van der Waals surface area contributed by atoms with Crippen molar-refractivity contribution in [3.8, 4) is 0 Å². The molecule has 2 aromatic heterocycles. The van der Waals surface area contributed by atoms with Crippen molar-refractivity contribution >= 4 is 29.0 Å². The molecule has 4 N–H and O–H groups in total. The molecule has 0 aliphatic rings. The first-order valence-electron chi connectivity index (χ1n) is 5.87. The normalized spacial score (nSPS) is 10.4. The maximum absolute atomic E-state index is 12.0. The summed E-state index contributed by atoms with van der Waals surface area (Å²) in [6.45, 7) is 2.03. The molecule has 2 aromatic rings. The first kappa shape index (κ1) is 13.4. The molecule has 0 saturated carbocycles. The summed E-state index contributed by atoms with van der Waals surface area (Å²) in [5, 5.41) is 9.82. The molecule has 0 fully saturated rings. The first-order valence-corrected chi connectivity index (χ1v) is 6.25. The second-order valence-corrected chi connectivity index (χ2v) is 4.47. The van der Waals surface area contributed by atoms with E-state index >= 15 is 0 Å². The summed E-state index contributed by atoms with van der Waals surface area (Å²) in [6.07, 6.45) is 3.13. The standard InChI is InChI=1S/C12H14ClN5O/c1-2-3-8-10(14)11(18-17-8)12(19)16-9-5-4-7(13)6-15-9/h4-6H,2-3,14H2,1H3,(H,17,18)(H,15,16,19). The molecule has 2 heterocycles. The SMILES string of the molecule is CCCc1[nH]nc(C(=O)Nc2ccc(Cl)cn2)c1N. The number of nitrogens with one attached hydrogen (secondary N) is 2. The first-order chi connectivity index (χ1) is 9.11. The molecular weight excluding hydrogens is 266 g/mol. The van der Waals surface area contributed by atoms with E-state index in [-0.39, 0.29) is 5.69 Å². The molecule has 19 heavy (non-hydrogen) atoms. The fourth-order valence-electron chi connectivity index (χ4n) is 1.63. The number of anilines is 2. The lowest BCUT2D eigenvalue weighted by Crippen LogP contribution is -2.15. The van der Waals surface area contributed by atoms with Crippen LogP contribution < -0.4 is 11.1 Å². The predicted octanol–water partition coefficient (Wildman–Crippen LogP) is 2.25. The highest BCUT2D eigenvalue weighted by atomic mass is 35.5. The van der Waals surface area contributed by atoms with Crippen LogP contribution in [0.1, 0.15) is 29.5 Å². The van der Waals surface area contributed by atoms with Gasteiger partial charge in [-0.05, 0) is 18.6 Å². The predicted molar refractivity (Wildman–Crippen MR) is 74.2 cm³/mol. The van der Waals surface area contributed by atoms with Crippen molar-refractivity contribution in [2.75, 3.05) is 11.1 Å². The van der Waals surface area contributed by atoms with Gasteiger partial charge in [0.2, 0.25) is 0 Å². The number of hydrogen-bond acceptors (Lipinski definition) is 4. The molecule has 1 amide bonds. The van der Waals surface area contributed by atoms with Crippen LogP contribution >= 0.6 is 11.6 Å². The second-order valence-electron chi connectivity index (χ2n) is 4.03. The fourth-order valence-corrected chi connectivity index (χ4v) is 1.74. The molecule has 0 unspecified atom stereocenters. The zero-order chi connectivity index (χ0) is 13.8. The molecule has 0 aliphatic heterocycles. The Morgan fingerprint density at radius 3 is 2.95 bits per heavy atom. The molecule has 0 radical (unpaired) electrons. The minimum atomic E-state index is -0.397. The number of amides is 1. The number of rotatable bonds is 4. The Balaban J connectivity index is 2.13. The van der Waals surface area contributed by atoms with Crippen LogP contribution in [-0.4, -0.2) is 21.1 Å². The van der Waals surface area contributed by atoms with E-state index in [4.69, 9.17) is 17.3 Å². The van der Waals surface area contributed by atoms with Gasteiger partial charge in [0.1, 0.15) is 5.82 Å². The van der Waals surface area contributed by atoms with Crippen LogP contribution in [0.5, 0.6) is 0 Å². The molecule has 2 rings (SSSR count). The number of H-pyrrole nitrogens is 1. The average Bonchev–Trinajstić information content (AvgIpc) is 2.75. The number of halogens is 1. The number of nitrogens with zero attached hydrogens (tertiary/aromatic N) is 2. The molecule has 0 spiro atoms. The quantitative estimate of drug-likeness (QED) is 0.799. The van der Waals surface area contributed by atoms with Gasteiger partial charge < -0.3 is 11.1 Å². The summed E-state index contributed by atoms with van der Waals surface area (Å²) >= 11 is 5.72. The molecule has 0 atom stereocenters. The van der Waals surface area contributed by atoms with Crippen molar-refractivity contribution in [1.82, 2.24) is 15.2 Å². The van der Waals surface area contributed by atoms with Crippen LogP contribution in [0, 0.1) is 0 Å². The molecule has 0 saturated heterocycles. The minimum absolute atomic E-state index is 0.181. The third-order valence-electron chi connectivity index (χ3n) is 2.57. The van der Waals surface area contributed by atoms with Gasteiger partial charge in [0.15, 0.2) is 5.69 Å². The summed E-state index contributed by atoms with van der Waals surface area (Å²) in [5.74, 6) is -0.000216. The number of carbonyl (C=O) groups is 1. The number of pyridine rings is 1. The number of aromatic nitrogens is 3. The smallest absolute Gasteiger partial charge is 0.279 e. The van der Waals surface area contributed by atoms with Crippen LogP contribution in [0.15, 0.2) is 18.3 Å². The van der Waals surface area contributed by atoms with E-state index in [0.717, 1.165) is 18.5 Å². The van der Waals surface area contributed by atoms with Gasteiger partial charge in [0.25, 0.3) is 5.91 Å². The number of nitrogens with two attached hydrogens (primary N) is 1. The van der Waals surface area contributed by atoms with Crippen LogP contribution in [-0.2, 0) is 6.42 Å². The number of aromatic amines is 1. The van der Waals surface area contributed by atoms with Crippen molar-refractivity contribution in [3.05, 3.63) is 34.7 Å². The molecule has 0 aromatic carbocycles. The maximum Gasteiger partial charge on any atom is 0.279 e. The molecule has 7 heteroatoms. The van der Waals surface area contributed by atoms with Gasteiger partial charge >= 0.3 is 0 Å². The van der Waals surface area contributed by atoms with Crippen LogP contribution in [0.3, 0.4) is 0 Å². The van der Waals surface area contributed by atoms with Gasteiger partial charge in [0.05, 0.1) is 16.4 Å². The summed E-state index contributed by atoms with van der Waals surface area (Å²) in [6, 6.07) is 3.25. The van der Waals surface area contributed by atoms with Crippen LogP contribution in [0.4, 0.5) is 11.5 Å². The molecule has 6 nitrogen and oxygen atoms in total. The van der Waals surface area contributed by atoms with Crippen molar-refractivity contribution < 1.29 is 4.79 Å². The third kappa shape index (κ3) is 3.03. The van der Waals surface area contributed by atoms with Crippen molar-refractivity contribution in [2.45, 2.75) is 19.8 Å². The minimum Gasteiger partial charge on any atom is -0.395 e. The highest BCUT2D eigenvalue weighted by Crippen LogP contribution is 2.17. The zero-order valence-corrected chi connectivity index (χ0v) is 11.2. The summed E-state index contributed by atoms with van der Waals surface area (Å²) in [5.41, 5.74) is 7.21. The van der Waals surface area contributed by atoms with E-state index in [1.165, 1.54) is 6.20 Å². The van der Waals surface area contributed by atoms with Gasteiger partial charge in [-0.1, -0.05) is 24.9 Å². The van der Waals surface area contributed by atoms with E-state index in [9.17, 15) is 4.79 Å². The van der Waals surface area contributed by atoms with Crippen molar-refractivity contribution in [3.63, 3.8) is 0 Å². The number of carbonyl (C=O) groups excluding carboxylic acids is 1. The van der Waals surface area contributed by atoms with E-state index < -0.39 is 5.91 Å². The van der Waals surface area contributed by atoms with E-state index in [0.29, 0.717) is 16.5 Å². The van der Waals surface area contributed by atoms with Gasteiger partial charge in [0, 0.05) is 6.20 Å². The van der Waals surface area contributed by atoms with Crippen LogP contribution in [0.25, 0.3) is 0 Å². The highest BCUT2D eigenvalue weighted by Gasteiger charge is 2.17. The Bertz CT molecular complexity index is 578. The summed E-state index contributed by atoms with van der Waals surface area (Å²) < 4.78 is 0. The Hall–Kier alpha value is -2.08. The molecule has 0 bridgehead atoms. The van der Waals surface area contributed by atoms with Gasteiger partial charge in [-0.15, -0.1) is 0 Å². The number of hydrogen-bond donors (Lipinski definition) is 3. The number of aryl methyl sites for hydroxylation is 1.